The lowest BCUT2D eigenvalue weighted by molar-refractivity contribution is 0.477. The van der Waals surface area contributed by atoms with Crippen LogP contribution in [0.25, 0.3) is 22.3 Å². The second-order valence-corrected chi connectivity index (χ2v) is 13.7. The molecule has 0 fully saturated rings. The minimum absolute atomic E-state index is 0.500. The number of hydrogen-bond acceptors (Lipinski definition) is 3. The summed E-state index contributed by atoms with van der Waals surface area (Å²) in [5.41, 5.74) is 16.3. The topological polar surface area (TPSA) is 15.7 Å². The van der Waals surface area contributed by atoms with Crippen LogP contribution < -0.4 is 14.5 Å². The fourth-order valence-corrected chi connectivity index (χ4v) is 8.95. The van der Waals surface area contributed by atoms with Gasteiger partial charge in [-0.05, 0) is 111 Å². The number of hydrogen-bond donors (Lipinski definition) is 0. The summed E-state index contributed by atoms with van der Waals surface area (Å²) in [6.07, 6.45) is 0. The van der Waals surface area contributed by atoms with Gasteiger partial charge in [0.1, 0.15) is 0 Å². The standard InChI is InChI=1S/C49H32N2O/c1-2-16-35(17-3-1)50-43-23-8-6-21-40(43)49(41-22-7-9-24-44(41)50)39-20-5-4-19-37(39)38-30-29-34(32-42(38)49)33-15-14-18-36(31-33)51-45-25-10-12-27-47(45)52-48-28-13-11-26-46(48)51/h1-32H. The summed E-state index contributed by atoms with van der Waals surface area (Å²) < 4.78 is 6.34. The van der Waals surface area contributed by atoms with Crippen molar-refractivity contribution in [2.75, 3.05) is 9.80 Å². The van der Waals surface area contributed by atoms with Crippen molar-refractivity contribution < 1.29 is 4.74 Å². The van der Waals surface area contributed by atoms with Crippen LogP contribution in [-0.2, 0) is 5.41 Å². The van der Waals surface area contributed by atoms with Crippen molar-refractivity contribution in [1.82, 2.24) is 0 Å². The molecule has 0 atom stereocenters. The molecule has 0 saturated carbocycles. The number of fused-ring (bicyclic) bond motifs is 11. The average Bonchev–Trinajstić information content (AvgIpc) is 3.50. The Balaban J connectivity index is 1.14. The molecule has 1 spiro atoms. The van der Waals surface area contributed by atoms with Gasteiger partial charge in [0.05, 0.1) is 28.2 Å². The first-order valence-corrected chi connectivity index (χ1v) is 17.9. The summed E-state index contributed by atoms with van der Waals surface area (Å²) in [5, 5.41) is 0. The van der Waals surface area contributed by atoms with Crippen molar-refractivity contribution in [3.8, 4) is 33.8 Å². The molecule has 0 radical (unpaired) electrons. The van der Waals surface area contributed by atoms with Crippen molar-refractivity contribution >= 4 is 34.1 Å². The highest BCUT2D eigenvalue weighted by molar-refractivity contribution is 5.97. The molecule has 8 aromatic rings. The third-order valence-corrected chi connectivity index (χ3v) is 11.0. The summed E-state index contributed by atoms with van der Waals surface area (Å²) in [6.45, 7) is 0. The van der Waals surface area contributed by atoms with Gasteiger partial charge in [-0.3, -0.25) is 0 Å². The van der Waals surface area contributed by atoms with Gasteiger partial charge in [0.15, 0.2) is 11.5 Å². The SMILES string of the molecule is c1ccc(N2c3ccccc3C3(c4ccccc4-c4ccc(-c5cccc(N6c7ccccc7Oc7ccccc76)c5)cc43)c3ccccc32)cc1. The normalized spacial score (nSPS) is 14.0. The maximum atomic E-state index is 6.34. The Labute approximate surface area is 303 Å². The molecule has 3 aliphatic rings. The van der Waals surface area contributed by atoms with Gasteiger partial charge in [0, 0.05) is 11.4 Å². The lowest BCUT2D eigenvalue weighted by Crippen LogP contribution is -2.36. The van der Waals surface area contributed by atoms with E-state index in [1.54, 1.807) is 0 Å². The molecular weight excluding hydrogens is 633 g/mol. The Morgan fingerprint density at radius 3 is 1.52 bits per heavy atom. The minimum Gasteiger partial charge on any atom is -0.453 e. The largest absolute Gasteiger partial charge is 0.453 e. The number of para-hydroxylation sites is 7. The lowest BCUT2D eigenvalue weighted by Gasteiger charge is -2.45. The van der Waals surface area contributed by atoms with Crippen LogP contribution in [0, 0.1) is 0 Å². The van der Waals surface area contributed by atoms with Crippen molar-refractivity contribution in [2.24, 2.45) is 0 Å². The second-order valence-electron chi connectivity index (χ2n) is 13.7. The van der Waals surface area contributed by atoms with E-state index >= 15 is 0 Å². The quantitative estimate of drug-likeness (QED) is 0.187. The van der Waals surface area contributed by atoms with E-state index in [1.165, 1.54) is 50.3 Å². The van der Waals surface area contributed by atoms with Gasteiger partial charge < -0.3 is 14.5 Å². The second kappa shape index (κ2) is 11.1. The molecule has 0 unspecified atom stereocenters. The molecule has 0 N–H and O–H groups in total. The average molecular weight is 665 g/mol. The molecule has 1 aliphatic carbocycles. The van der Waals surface area contributed by atoms with E-state index in [2.05, 4.69) is 180 Å². The monoisotopic (exact) mass is 664 g/mol. The maximum absolute atomic E-state index is 6.34. The molecule has 0 amide bonds. The zero-order chi connectivity index (χ0) is 34.2. The van der Waals surface area contributed by atoms with Gasteiger partial charge in [-0.2, -0.15) is 0 Å². The Hall–Kier alpha value is -6.84. The van der Waals surface area contributed by atoms with Crippen LogP contribution in [0.15, 0.2) is 194 Å². The first kappa shape index (κ1) is 28.9. The number of nitrogens with zero attached hydrogens (tertiary/aromatic N) is 2. The highest BCUT2D eigenvalue weighted by Gasteiger charge is 2.51. The third kappa shape index (κ3) is 3.96. The zero-order valence-electron chi connectivity index (χ0n) is 28.3. The summed E-state index contributed by atoms with van der Waals surface area (Å²) >= 11 is 0. The van der Waals surface area contributed by atoms with Crippen LogP contribution in [0.3, 0.4) is 0 Å². The van der Waals surface area contributed by atoms with Crippen LogP contribution in [-0.4, -0.2) is 0 Å². The Bertz CT molecular complexity index is 2600. The Morgan fingerprint density at radius 2 is 0.827 bits per heavy atom. The number of benzene rings is 8. The zero-order valence-corrected chi connectivity index (χ0v) is 28.3. The van der Waals surface area contributed by atoms with Crippen molar-refractivity contribution in [3.05, 3.63) is 216 Å². The molecule has 3 nitrogen and oxygen atoms in total. The van der Waals surface area contributed by atoms with Gasteiger partial charge in [0.2, 0.25) is 0 Å². The van der Waals surface area contributed by atoms with Crippen LogP contribution in [0.2, 0.25) is 0 Å². The molecule has 52 heavy (non-hydrogen) atoms. The first-order valence-electron chi connectivity index (χ1n) is 17.9. The van der Waals surface area contributed by atoms with Gasteiger partial charge in [-0.15, -0.1) is 0 Å². The van der Waals surface area contributed by atoms with Gasteiger partial charge in [0.25, 0.3) is 0 Å². The smallest absolute Gasteiger partial charge is 0.151 e. The molecule has 0 saturated heterocycles. The Morgan fingerprint density at radius 1 is 0.327 bits per heavy atom. The van der Waals surface area contributed by atoms with Crippen molar-refractivity contribution in [2.45, 2.75) is 5.41 Å². The fraction of sp³-hybridized carbons (Fsp3) is 0.0204. The number of rotatable bonds is 3. The van der Waals surface area contributed by atoms with E-state index in [0.29, 0.717) is 0 Å². The summed E-state index contributed by atoms with van der Waals surface area (Å²) in [7, 11) is 0. The highest BCUT2D eigenvalue weighted by atomic mass is 16.5. The van der Waals surface area contributed by atoms with Crippen molar-refractivity contribution in [3.63, 3.8) is 0 Å². The molecule has 8 aromatic carbocycles. The highest BCUT2D eigenvalue weighted by Crippen LogP contribution is 2.63. The van der Waals surface area contributed by atoms with E-state index in [1.807, 2.05) is 24.3 Å². The van der Waals surface area contributed by atoms with Crippen molar-refractivity contribution in [1.29, 1.82) is 0 Å². The summed E-state index contributed by atoms with van der Waals surface area (Å²) in [5.74, 6) is 1.70. The predicted molar refractivity (Wildman–Crippen MR) is 212 cm³/mol. The van der Waals surface area contributed by atoms with E-state index in [0.717, 1.165) is 39.8 Å². The molecule has 244 valence electrons. The van der Waals surface area contributed by atoms with E-state index in [9.17, 15) is 0 Å². The van der Waals surface area contributed by atoms with Crippen LogP contribution in [0.1, 0.15) is 22.3 Å². The van der Waals surface area contributed by atoms with E-state index in [-0.39, 0.29) is 0 Å². The summed E-state index contributed by atoms with van der Waals surface area (Å²) in [4.78, 5) is 4.75. The molecule has 11 rings (SSSR count). The molecule has 3 heteroatoms. The Kier molecular flexibility index (Phi) is 6.17. The van der Waals surface area contributed by atoms with Crippen LogP contribution in [0.4, 0.5) is 34.1 Å². The van der Waals surface area contributed by atoms with Gasteiger partial charge in [-0.25, -0.2) is 0 Å². The predicted octanol–water partition coefficient (Wildman–Crippen LogP) is 13.1. The first-order chi connectivity index (χ1) is 25.8. The van der Waals surface area contributed by atoms with Crippen LogP contribution >= 0.6 is 0 Å². The molecule has 2 aliphatic heterocycles. The third-order valence-electron chi connectivity index (χ3n) is 11.0. The van der Waals surface area contributed by atoms with Crippen LogP contribution in [0.5, 0.6) is 11.5 Å². The molecule has 2 heterocycles. The maximum Gasteiger partial charge on any atom is 0.151 e. The molecular formula is C49H32N2O. The summed E-state index contributed by atoms with van der Waals surface area (Å²) in [6, 6.07) is 70.3. The number of ether oxygens (including phenoxy) is 1. The number of anilines is 6. The fourth-order valence-electron chi connectivity index (χ4n) is 8.95. The van der Waals surface area contributed by atoms with Gasteiger partial charge >= 0.3 is 0 Å². The minimum atomic E-state index is -0.500. The molecule has 0 aromatic heterocycles. The lowest BCUT2D eigenvalue weighted by atomic mass is 9.64. The van der Waals surface area contributed by atoms with E-state index in [4.69, 9.17) is 4.74 Å². The van der Waals surface area contributed by atoms with E-state index < -0.39 is 5.41 Å². The molecule has 0 bridgehead atoms. The van der Waals surface area contributed by atoms with Gasteiger partial charge in [-0.1, -0.05) is 127 Å².